The third kappa shape index (κ3) is 5.13. The Bertz CT molecular complexity index is 920. The van der Waals surface area contributed by atoms with Crippen molar-refractivity contribution in [1.82, 2.24) is 5.32 Å². The molecule has 0 aromatic heterocycles. The first-order valence-corrected chi connectivity index (χ1v) is 8.21. The number of hydrogen-bond donors (Lipinski definition) is 2. The molecule has 0 heterocycles. The summed E-state index contributed by atoms with van der Waals surface area (Å²) >= 11 is 0. The normalized spacial score (nSPS) is 13.2. The third-order valence-electron chi connectivity index (χ3n) is 3.52. The Morgan fingerprint density at radius 2 is 1.57 bits per heavy atom. The van der Waals surface area contributed by atoms with Gasteiger partial charge in [0.15, 0.2) is 0 Å². The van der Waals surface area contributed by atoms with E-state index in [0.29, 0.717) is 6.07 Å². The molecule has 30 heavy (non-hydrogen) atoms. The average Bonchev–Trinajstić information content (AvgIpc) is 2.64. The van der Waals surface area contributed by atoms with Crippen LogP contribution < -0.4 is 15.4 Å². The smallest absolute Gasteiger partial charge is 0.460 e. The molecule has 1 atom stereocenters. The molecular formula is C18H14F6N2O4. The number of carbonyl (C=O) groups excluding carboxylic acids is 2. The average molecular weight is 436 g/mol. The second kappa shape index (κ2) is 8.93. The second-order valence-electron chi connectivity index (χ2n) is 5.66. The first-order valence-electron chi connectivity index (χ1n) is 8.21. The van der Waals surface area contributed by atoms with Gasteiger partial charge >= 0.3 is 23.9 Å². The topological polar surface area (TPSA) is 76.7 Å². The monoisotopic (exact) mass is 436 g/mol. The summed E-state index contributed by atoms with van der Waals surface area (Å²) in [6.07, 6.45) is -5.56. The molecule has 6 nitrogen and oxygen atoms in total. The molecule has 2 aromatic rings. The van der Waals surface area contributed by atoms with Gasteiger partial charge < -0.3 is 14.8 Å². The van der Waals surface area contributed by atoms with Crippen LogP contribution >= 0.6 is 0 Å². The fraction of sp³-hybridized carbons (Fsp3) is 0.222. The van der Waals surface area contributed by atoms with Gasteiger partial charge in [0.1, 0.15) is 23.2 Å². The number of alkyl halides is 3. The van der Waals surface area contributed by atoms with Crippen LogP contribution in [0.2, 0.25) is 0 Å². The maximum Gasteiger partial charge on any atom is 0.460 e. The zero-order chi connectivity index (χ0) is 22.5. The van der Waals surface area contributed by atoms with E-state index in [1.54, 1.807) is 5.32 Å². The minimum Gasteiger partial charge on any atom is -0.461 e. The summed E-state index contributed by atoms with van der Waals surface area (Å²) in [5.41, 5.74) is -4.72. The molecular weight excluding hydrogens is 422 g/mol. The second-order valence-corrected chi connectivity index (χ2v) is 5.66. The Kier molecular flexibility index (Phi) is 6.80. The molecule has 0 fully saturated rings. The van der Waals surface area contributed by atoms with Gasteiger partial charge in [0.2, 0.25) is 0 Å². The van der Waals surface area contributed by atoms with Gasteiger partial charge in [0.25, 0.3) is 0 Å². The van der Waals surface area contributed by atoms with Gasteiger partial charge in [0.05, 0.1) is 12.3 Å². The Hall–Kier alpha value is -3.44. The number of esters is 1. The number of urea groups is 1. The molecule has 2 aromatic carbocycles. The van der Waals surface area contributed by atoms with Crippen LogP contribution in [-0.4, -0.2) is 30.5 Å². The third-order valence-corrected chi connectivity index (χ3v) is 3.52. The molecule has 0 bridgehead atoms. The molecule has 0 saturated carbocycles. The van der Waals surface area contributed by atoms with Gasteiger partial charge in [-0.2, -0.15) is 13.2 Å². The summed E-state index contributed by atoms with van der Waals surface area (Å²) < 4.78 is 90.4. The van der Waals surface area contributed by atoms with Gasteiger partial charge in [-0.25, -0.2) is 22.8 Å². The largest absolute Gasteiger partial charge is 0.461 e. The lowest BCUT2D eigenvalue weighted by molar-refractivity contribution is -0.259. The fourth-order valence-electron chi connectivity index (χ4n) is 2.18. The van der Waals surface area contributed by atoms with Gasteiger partial charge in [-0.05, 0) is 43.3 Å². The number of amides is 2. The molecule has 0 aliphatic rings. The molecule has 2 amide bonds. The Labute approximate surface area is 165 Å². The fourth-order valence-corrected chi connectivity index (χ4v) is 2.18. The number of hydrogen-bond acceptors (Lipinski definition) is 4. The SMILES string of the molecule is CCOC(=O)[C@@](NC(=O)Nc1ccc(F)cc1F)(Oc1ccc(F)cc1)C(F)(F)F. The summed E-state index contributed by atoms with van der Waals surface area (Å²) in [4.78, 5) is 24.3. The van der Waals surface area contributed by atoms with Crippen molar-refractivity contribution in [1.29, 1.82) is 0 Å². The minimum atomic E-state index is -5.56. The maximum atomic E-state index is 13.9. The van der Waals surface area contributed by atoms with E-state index in [0.717, 1.165) is 36.4 Å². The van der Waals surface area contributed by atoms with Gasteiger partial charge in [0, 0.05) is 6.07 Å². The number of halogens is 6. The predicted octanol–water partition coefficient (Wildman–Crippen LogP) is 4.13. The zero-order valence-electron chi connectivity index (χ0n) is 15.1. The predicted molar refractivity (Wildman–Crippen MR) is 91.0 cm³/mol. The van der Waals surface area contributed by atoms with Crippen LogP contribution in [-0.2, 0) is 9.53 Å². The van der Waals surface area contributed by atoms with Crippen molar-refractivity contribution in [3.8, 4) is 5.75 Å². The van der Waals surface area contributed by atoms with E-state index >= 15 is 0 Å². The maximum absolute atomic E-state index is 13.9. The molecule has 2 N–H and O–H groups in total. The van der Waals surface area contributed by atoms with Gasteiger partial charge in [-0.1, -0.05) is 0 Å². The van der Waals surface area contributed by atoms with Crippen LogP contribution in [0.4, 0.5) is 36.8 Å². The first-order chi connectivity index (χ1) is 14.0. The van der Waals surface area contributed by atoms with E-state index in [-0.39, 0.29) is 0 Å². The lowest BCUT2D eigenvalue weighted by atomic mass is 10.2. The minimum absolute atomic E-state index is 0.382. The molecule has 0 spiro atoms. The first kappa shape index (κ1) is 22.8. The molecule has 0 aliphatic carbocycles. The highest BCUT2D eigenvalue weighted by Gasteiger charge is 2.66. The standard InChI is InChI=1S/C18H14F6N2O4/c1-2-29-15(27)17(18(22,23)24,30-12-6-3-10(19)4-7-12)26-16(28)25-14-8-5-11(20)9-13(14)21/h3-9H,2H2,1H3,(H2,25,26,28)/t17-/m1/s1. The van der Waals surface area contributed by atoms with E-state index in [1.165, 1.54) is 12.2 Å². The highest BCUT2D eigenvalue weighted by atomic mass is 19.4. The summed E-state index contributed by atoms with van der Waals surface area (Å²) in [6.45, 7) is 0.713. The van der Waals surface area contributed by atoms with Gasteiger partial charge in [-0.3, -0.25) is 5.32 Å². The van der Waals surface area contributed by atoms with Crippen LogP contribution in [0.5, 0.6) is 5.75 Å². The number of nitrogens with one attached hydrogen (secondary N) is 2. The van der Waals surface area contributed by atoms with Crippen molar-refractivity contribution in [3.63, 3.8) is 0 Å². The number of ether oxygens (including phenoxy) is 2. The van der Waals surface area contributed by atoms with Crippen LogP contribution in [0.1, 0.15) is 6.92 Å². The lowest BCUT2D eigenvalue weighted by Crippen LogP contribution is -2.69. The van der Waals surface area contributed by atoms with Gasteiger partial charge in [-0.15, -0.1) is 0 Å². The lowest BCUT2D eigenvalue weighted by Gasteiger charge is -2.33. The number of anilines is 1. The molecule has 162 valence electrons. The Balaban J connectivity index is 2.41. The molecule has 2 rings (SSSR count). The van der Waals surface area contributed by atoms with Crippen molar-refractivity contribution in [2.45, 2.75) is 18.8 Å². The highest BCUT2D eigenvalue weighted by Crippen LogP contribution is 2.34. The summed E-state index contributed by atoms with van der Waals surface area (Å²) in [5.74, 6) is -5.73. The van der Waals surface area contributed by atoms with Crippen molar-refractivity contribution in [2.24, 2.45) is 0 Å². The quantitative estimate of drug-likeness (QED) is 0.406. The molecule has 12 heteroatoms. The van der Waals surface area contributed by atoms with Crippen molar-refractivity contribution in [3.05, 3.63) is 59.9 Å². The van der Waals surface area contributed by atoms with Crippen LogP contribution in [0, 0.1) is 17.5 Å². The van der Waals surface area contributed by atoms with E-state index in [9.17, 15) is 35.9 Å². The number of carbonyl (C=O) groups is 2. The molecule has 0 aliphatic heterocycles. The number of benzene rings is 2. The molecule has 0 radical (unpaired) electrons. The Morgan fingerprint density at radius 3 is 2.10 bits per heavy atom. The number of rotatable bonds is 6. The summed E-state index contributed by atoms with van der Waals surface area (Å²) in [6, 6.07) is 3.26. The van der Waals surface area contributed by atoms with Crippen molar-refractivity contribution >= 4 is 17.7 Å². The molecule has 0 unspecified atom stereocenters. The van der Waals surface area contributed by atoms with E-state index < -0.39 is 59.4 Å². The van der Waals surface area contributed by atoms with Crippen LogP contribution in [0.3, 0.4) is 0 Å². The highest BCUT2D eigenvalue weighted by molar-refractivity contribution is 5.94. The summed E-state index contributed by atoms with van der Waals surface area (Å²) in [5, 5.41) is 3.00. The van der Waals surface area contributed by atoms with Crippen LogP contribution in [0.25, 0.3) is 0 Å². The van der Waals surface area contributed by atoms with E-state index in [2.05, 4.69) is 4.74 Å². The molecule has 0 saturated heterocycles. The van der Waals surface area contributed by atoms with E-state index in [1.807, 2.05) is 0 Å². The van der Waals surface area contributed by atoms with Crippen molar-refractivity contribution in [2.75, 3.05) is 11.9 Å². The Morgan fingerprint density at radius 1 is 0.967 bits per heavy atom. The van der Waals surface area contributed by atoms with E-state index in [4.69, 9.17) is 4.74 Å². The van der Waals surface area contributed by atoms with Crippen molar-refractivity contribution < 1.29 is 45.4 Å². The zero-order valence-corrected chi connectivity index (χ0v) is 15.1. The van der Waals surface area contributed by atoms with Crippen LogP contribution in [0.15, 0.2) is 42.5 Å². The summed E-state index contributed by atoms with van der Waals surface area (Å²) in [7, 11) is 0.